The average molecular weight is 424 g/mol. The molecule has 2 fully saturated rings. The number of nitrogens with one attached hydrogen (secondary N) is 1. The Bertz CT molecular complexity index is 544. The quantitative estimate of drug-likeness (QED) is 0.734. The predicted octanol–water partition coefficient (Wildman–Crippen LogP) is 3.45. The van der Waals surface area contributed by atoms with Gasteiger partial charge < -0.3 is 15.8 Å². The molecule has 26 heavy (non-hydrogen) atoms. The Morgan fingerprint density at radius 3 is 2.62 bits per heavy atom. The van der Waals surface area contributed by atoms with Crippen LogP contribution in [0.2, 0.25) is 0 Å². The molecule has 1 aromatic rings. The first-order valence-electron chi connectivity index (χ1n) is 9.24. The van der Waals surface area contributed by atoms with Crippen LogP contribution >= 0.6 is 36.2 Å². The summed E-state index contributed by atoms with van der Waals surface area (Å²) in [6.45, 7) is 2.29. The van der Waals surface area contributed by atoms with E-state index in [1.54, 1.807) is 11.3 Å². The first-order chi connectivity index (χ1) is 11.7. The standard InChI is InChI=1S/C18H29N3O2S.2ClH/c19-13-18(7-10-23-11-8-18)17(22)20-9-6-16-21-15(12-24-16)14-4-2-1-3-5-14;;/h12,14H,1-11,13,19H2,(H,20,22);2*1H. The van der Waals surface area contributed by atoms with E-state index in [9.17, 15) is 4.79 Å². The molecule has 0 unspecified atom stereocenters. The number of ether oxygens (including phenoxy) is 1. The summed E-state index contributed by atoms with van der Waals surface area (Å²) in [5, 5.41) is 6.42. The highest BCUT2D eigenvalue weighted by molar-refractivity contribution is 7.09. The molecule has 3 rings (SSSR count). The van der Waals surface area contributed by atoms with Crippen molar-refractivity contribution in [2.45, 2.75) is 57.3 Å². The summed E-state index contributed by atoms with van der Waals surface area (Å²) in [4.78, 5) is 17.3. The second-order valence-electron chi connectivity index (χ2n) is 7.10. The van der Waals surface area contributed by atoms with Gasteiger partial charge in [-0.1, -0.05) is 19.3 Å². The lowest BCUT2D eigenvalue weighted by Gasteiger charge is -2.34. The molecule has 0 radical (unpaired) electrons. The Morgan fingerprint density at radius 1 is 1.27 bits per heavy atom. The minimum atomic E-state index is -0.436. The van der Waals surface area contributed by atoms with Gasteiger partial charge in [-0.05, 0) is 25.7 Å². The lowest BCUT2D eigenvalue weighted by Crippen LogP contribution is -2.49. The number of hydrogen-bond acceptors (Lipinski definition) is 5. The molecule has 0 aromatic carbocycles. The molecule has 1 saturated heterocycles. The van der Waals surface area contributed by atoms with Gasteiger partial charge in [0.15, 0.2) is 0 Å². The van der Waals surface area contributed by atoms with Gasteiger partial charge in [-0.15, -0.1) is 36.2 Å². The van der Waals surface area contributed by atoms with Crippen molar-refractivity contribution in [2.75, 3.05) is 26.3 Å². The number of amides is 1. The summed E-state index contributed by atoms with van der Waals surface area (Å²) in [5.41, 5.74) is 6.71. The molecular formula is C18H31Cl2N3O2S. The van der Waals surface area contributed by atoms with Gasteiger partial charge in [0.2, 0.25) is 5.91 Å². The number of carbonyl (C=O) groups excluding carboxylic acids is 1. The molecule has 2 aliphatic rings. The largest absolute Gasteiger partial charge is 0.381 e. The summed E-state index contributed by atoms with van der Waals surface area (Å²) in [7, 11) is 0. The SMILES string of the molecule is Cl.Cl.NCC1(C(=O)NCCc2nc(C3CCCCC3)cs2)CCOCC1. The van der Waals surface area contributed by atoms with Gasteiger partial charge >= 0.3 is 0 Å². The minimum absolute atomic E-state index is 0. The molecule has 1 aromatic heterocycles. The molecular weight excluding hydrogens is 393 g/mol. The van der Waals surface area contributed by atoms with Gasteiger partial charge in [0.1, 0.15) is 0 Å². The molecule has 5 nitrogen and oxygen atoms in total. The van der Waals surface area contributed by atoms with E-state index in [4.69, 9.17) is 15.5 Å². The zero-order valence-electron chi connectivity index (χ0n) is 15.2. The second kappa shape index (κ2) is 11.4. The smallest absolute Gasteiger partial charge is 0.227 e. The van der Waals surface area contributed by atoms with Gasteiger partial charge in [-0.2, -0.15) is 0 Å². The van der Waals surface area contributed by atoms with Crippen LogP contribution in [0.3, 0.4) is 0 Å². The van der Waals surface area contributed by atoms with Gasteiger partial charge in [0.25, 0.3) is 0 Å². The number of rotatable bonds is 6. The van der Waals surface area contributed by atoms with Crippen molar-refractivity contribution in [3.63, 3.8) is 0 Å². The molecule has 0 spiro atoms. The van der Waals surface area contributed by atoms with Crippen LogP contribution in [0.1, 0.15) is 61.6 Å². The number of thiazole rings is 1. The average Bonchev–Trinajstić information content (AvgIpc) is 3.12. The number of halogens is 2. The summed E-state index contributed by atoms with van der Waals surface area (Å²) in [5.74, 6) is 0.735. The summed E-state index contributed by atoms with van der Waals surface area (Å²) >= 11 is 1.73. The van der Waals surface area contributed by atoms with Crippen LogP contribution in [-0.2, 0) is 16.0 Å². The molecule has 1 aliphatic carbocycles. The topological polar surface area (TPSA) is 77.2 Å². The van der Waals surface area contributed by atoms with E-state index in [1.165, 1.54) is 37.8 Å². The minimum Gasteiger partial charge on any atom is -0.381 e. The molecule has 3 N–H and O–H groups in total. The second-order valence-corrected chi connectivity index (χ2v) is 8.05. The van der Waals surface area contributed by atoms with Crippen molar-refractivity contribution in [3.8, 4) is 0 Å². The third-order valence-electron chi connectivity index (χ3n) is 5.54. The maximum absolute atomic E-state index is 12.5. The Morgan fingerprint density at radius 2 is 1.96 bits per heavy atom. The normalized spacial score (nSPS) is 19.9. The first-order valence-corrected chi connectivity index (χ1v) is 10.1. The lowest BCUT2D eigenvalue weighted by atomic mass is 9.79. The molecule has 1 amide bonds. The lowest BCUT2D eigenvalue weighted by molar-refractivity contribution is -0.135. The fourth-order valence-corrected chi connectivity index (χ4v) is 4.66. The molecule has 2 heterocycles. The highest BCUT2D eigenvalue weighted by Crippen LogP contribution is 2.33. The van der Waals surface area contributed by atoms with E-state index in [0.717, 1.165) is 24.3 Å². The van der Waals surface area contributed by atoms with E-state index in [1.807, 2.05) is 0 Å². The fourth-order valence-electron chi connectivity index (χ4n) is 3.78. The Hall–Kier alpha value is -0.400. The monoisotopic (exact) mass is 423 g/mol. The van der Waals surface area contributed by atoms with Crippen molar-refractivity contribution in [1.82, 2.24) is 10.3 Å². The summed E-state index contributed by atoms with van der Waals surface area (Å²) in [6, 6.07) is 0. The number of nitrogens with zero attached hydrogens (tertiary/aromatic N) is 1. The van der Waals surface area contributed by atoms with Crippen LogP contribution in [0, 0.1) is 5.41 Å². The molecule has 0 bridgehead atoms. The van der Waals surface area contributed by atoms with E-state index in [-0.39, 0.29) is 30.7 Å². The fraction of sp³-hybridized carbons (Fsp3) is 0.778. The Balaban J connectivity index is 0.00000169. The zero-order chi connectivity index (χ0) is 16.8. The molecule has 8 heteroatoms. The maximum Gasteiger partial charge on any atom is 0.227 e. The van der Waals surface area contributed by atoms with E-state index < -0.39 is 5.41 Å². The van der Waals surface area contributed by atoms with Gasteiger partial charge in [-0.25, -0.2) is 4.98 Å². The van der Waals surface area contributed by atoms with E-state index >= 15 is 0 Å². The number of aromatic nitrogens is 1. The number of carbonyl (C=O) groups is 1. The number of hydrogen-bond donors (Lipinski definition) is 2. The molecule has 1 aliphatic heterocycles. The predicted molar refractivity (Wildman–Crippen MR) is 111 cm³/mol. The van der Waals surface area contributed by atoms with Crippen LogP contribution in [0.15, 0.2) is 5.38 Å². The van der Waals surface area contributed by atoms with E-state index in [0.29, 0.717) is 32.2 Å². The first kappa shape index (κ1) is 23.6. The van der Waals surface area contributed by atoms with Gasteiger partial charge in [0, 0.05) is 44.0 Å². The summed E-state index contributed by atoms with van der Waals surface area (Å²) in [6.07, 6.45) is 8.84. The molecule has 0 atom stereocenters. The van der Waals surface area contributed by atoms with E-state index in [2.05, 4.69) is 10.7 Å². The van der Waals surface area contributed by atoms with Crippen LogP contribution in [-0.4, -0.2) is 37.2 Å². The third kappa shape index (κ3) is 5.80. The van der Waals surface area contributed by atoms with Crippen LogP contribution < -0.4 is 11.1 Å². The zero-order valence-corrected chi connectivity index (χ0v) is 17.7. The summed E-state index contributed by atoms with van der Waals surface area (Å²) < 4.78 is 5.37. The van der Waals surface area contributed by atoms with Crippen molar-refractivity contribution in [3.05, 3.63) is 16.1 Å². The van der Waals surface area contributed by atoms with Crippen LogP contribution in [0.5, 0.6) is 0 Å². The van der Waals surface area contributed by atoms with Crippen molar-refractivity contribution in [1.29, 1.82) is 0 Å². The highest BCUT2D eigenvalue weighted by atomic mass is 35.5. The Labute approximate surface area is 172 Å². The maximum atomic E-state index is 12.5. The highest BCUT2D eigenvalue weighted by Gasteiger charge is 2.38. The molecule has 1 saturated carbocycles. The van der Waals surface area contributed by atoms with Crippen LogP contribution in [0.25, 0.3) is 0 Å². The van der Waals surface area contributed by atoms with Crippen molar-refractivity contribution in [2.24, 2.45) is 11.1 Å². The third-order valence-corrected chi connectivity index (χ3v) is 6.47. The molecule has 150 valence electrons. The van der Waals surface area contributed by atoms with Gasteiger partial charge in [0.05, 0.1) is 16.1 Å². The van der Waals surface area contributed by atoms with Gasteiger partial charge in [-0.3, -0.25) is 4.79 Å². The van der Waals surface area contributed by atoms with Crippen molar-refractivity contribution < 1.29 is 9.53 Å². The van der Waals surface area contributed by atoms with Crippen molar-refractivity contribution >= 4 is 42.1 Å². The Kier molecular flexibility index (Phi) is 10.4. The van der Waals surface area contributed by atoms with Crippen LogP contribution in [0.4, 0.5) is 0 Å². The number of nitrogens with two attached hydrogens (primary N) is 1.